The molecule has 1 spiro atoms. The van der Waals surface area contributed by atoms with E-state index < -0.39 is 0 Å². The predicted octanol–water partition coefficient (Wildman–Crippen LogP) is 3.19. The summed E-state index contributed by atoms with van der Waals surface area (Å²) in [6.07, 6.45) is 8.12. The van der Waals surface area contributed by atoms with Gasteiger partial charge in [-0.3, -0.25) is 9.58 Å². The molecular formula is C21H24ClFN6O. The van der Waals surface area contributed by atoms with E-state index in [2.05, 4.69) is 26.5 Å². The summed E-state index contributed by atoms with van der Waals surface area (Å²) in [5.74, 6) is 0.0565. The van der Waals surface area contributed by atoms with Gasteiger partial charge in [-0.1, -0.05) is 16.8 Å². The summed E-state index contributed by atoms with van der Waals surface area (Å²) in [6.45, 7) is 4.28. The second-order valence-electron chi connectivity index (χ2n) is 8.39. The molecule has 0 saturated carbocycles. The number of ether oxygens (including phenoxy) is 1. The monoisotopic (exact) mass is 430 g/mol. The normalized spacial score (nSPS) is 21.5. The van der Waals surface area contributed by atoms with Gasteiger partial charge < -0.3 is 4.74 Å². The first-order valence-electron chi connectivity index (χ1n) is 10.2. The van der Waals surface area contributed by atoms with E-state index >= 15 is 0 Å². The fraction of sp³-hybridized carbons (Fsp3) is 0.476. The Kier molecular flexibility index (Phi) is 5.08. The lowest BCUT2D eigenvalue weighted by molar-refractivity contribution is 0.0118. The second kappa shape index (κ2) is 7.76. The second-order valence-corrected chi connectivity index (χ2v) is 8.80. The number of rotatable bonds is 4. The number of hydrogen-bond acceptors (Lipinski definition) is 5. The van der Waals surface area contributed by atoms with Crippen LogP contribution < -0.4 is 0 Å². The lowest BCUT2D eigenvalue weighted by Gasteiger charge is -2.38. The Morgan fingerprint density at radius 2 is 2.10 bits per heavy atom. The lowest BCUT2D eigenvalue weighted by atomic mass is 9.70. The number of halogens is 2. The Labute approximate surface area is 179 Å². The van der Waals surface area contributed by atoms with Crippen LogP contribution in [-0.2, 0) is 18.3 Å². The Balaban J connectivity index is 1.36. The third-order valence-electron chi connectivity index (χ3n) is 6.42. The predicted molar refractivity (Wildman–Crippen MR) is 110 cm³/mol. The van der Waals surface area contributed by atoms with Gasteiger partial charge in [0.15, 0.2) is 0 Å². The zero-order chi connectivity index (χ0) is 20.7. The molecule has 9 heteroatoms. The summed E-state index contributed by atoms with van der Waals surface area (Å²) in [5, 5.41) is 13.2. The molecule has 5 rings (SSSR count). The van der Waals surface area contributed by atoms with Crippen LogP contribution in [0.25, 0.3) is 5.69 Å². The Hall–Kier alpha value is -2.29. The number of hydrogen-bond donors (Lipinski definition) is 0. The van der Waals surface area contributed by atoms with Crippen LogP contribution in [0.3, 0.4) is 0 Å². The van der Waals surface area contributed by atoms with Crippen molar-refractivity contribution in [3.05, 3.63) is 58.9 Å². The molecule has 3 aromatic rings. The molecule has 0 bridgehead atoms. The van der Waals surface area contributed by atoms with Crippen molar-refractivity contribution in [1.82, 2.24) is 29.7 Å². The van der Waals surface area contributed by atoms with Gasteiger partial charge in [-0.25, -0.2) is 9.07 Å². The van der Waals surface area contributed by atoms with Crippen molar-refractivity contribution in [3.8, 4) is 5.69 Å². The van der Waals surface area contributed by atoms with Gasteiger partial charge in [0.25, 0.3) is 0 Å². The largest absolute Gasteiger partial charge is 0.381 e. The Bertz CT molecular complexity index is 1040. The Morgan fingerprint density at radius 1 is 1.27 bits per heavy atom. The fourth-order valence-corrected chi connectivity index (χ4v) is 5.19. The molecule has 7 nitrogen and oxygen atoms in total. The average Bonchev–Trinajstić information content (AvgIpc) is 3.43. The van der Waals surface area contributed by atoms with Gasteiger partial charge in [0.2, 0.25) is 0 Å². The van der Waals surface area contributed by atoms with E-state index in [0.717, 1.165) is 44.8 Å². The molecule has 0 aliphatic carbocycles. The third-order valence-corrected chi connectivity index (χ3v) is 6.72. The molecule has 2 fully saturated rings. The van der Waals surface area contributed by atoms with Crippen molar-refractivity contribution < 1.29 is 9.13 Å². The van der Waals surface area contributed by atoms with Crippen molar-refractivity contribution in [1.29, 1.82) is 0 Å². The first kappa shape index (κ1) is 19.7. The number of aromatic nitrogens is 5. The maximum absolute atomic E-state index is 13.3. The van der Waals surface area contributed by atoms with Crippen LogP contribution in [0.5, 0.6) is 0 Å². The van der Waals surface area contributed by atoms with Gasteiger partial charge in [-0.2, -0.15) is 5.10 Å². The first-order chi connectivity index (χ1) is 14.5. The first-order valence-corrected chi connectivity index (χ1v) is 10.6. The summed E-state index contributed by atoms with van der Waals surface area (Å²) in [7, 11) is 1.96. The topological polar surface area (TPSA) is 61.0 Å². The van der Waals surface area contributed by atoms with E-state index in [1.807, 2.05) is 24.1 Å². The standard InChI is InChI=1S/C21H24ClFN6O/c1-27-10-15(9-24-27)18-13-28(14-21(18)4-6-30-7-5-21)11-17-12-29(26-25-17)20-3-2-16(23)8-19(20)22/h2-3,8-10,12,18H,4-7,11,13-14H2,1H3. The van der Waals surface area contributed by atoms with Gasteiger partial charge >= 0.3 is 0 Å². The molecule has 30 heavy (non-hydrogen) atoms. The van der Waals surface area contributed by atoms with Crippen LogP contribution in [-0.4, -0.2) is 56.0 Å². The molecule has 2 aliphatic rings. The van der Waals surface area contributed by atoms with E-state index in [1.54, 1.807) is 10.7 Å². The van der Waals surface area contributed by atoms with E-state index in [1.165, 1.54) is 17.7 Å². The quantitative estimate of drug-likeness (QED) is 0.636. The van der Waals surface area contributed by atoms with Crippen LogP contribution in [0.4, 0.5) is 4.39 Å². The van der Waals surface area contributed by atoms with Crippen LogP contribution in [0, 0.1) is 11.2 Å². The molecule has 0 N–H and O–H groups in total. The van der Waals surface area contributed by atoms with Crippen molar-refractivity contribution in [3.63, 3.8) is 0 Å². The van der Waals surface area contributed by atoms with E-state index in [-0.39, 0.29) is 11.2 Å². The van der Waals surface area contributed by atoms with Gasteiger partial charge in [0, 0.05) is 52.0 Å². The number of aryl methyl sites for hydroxylation is 1. The van der Waals surface area contributed by atoms with Crippen LogP contribution in [0.1, 0.15) is 30.0 Å². The van der Waals surface area contributed by atoms with Crippen LogP contribution in [0.2, 0.25) is 5.02 Å². The number of likely N-dealkylation sites (tertiary alicyclic amines) is 1. The van der Waals surface area contributed by atoms with Gasteiger partial charge in [-0.15, -0.1) is 5.10 Å². The fourth-order valence-electron chi connectivity index (χ4n) is 4.94. The summed E-state index contributed by atoms with van der Waals surface area (Å²) < 4.78 is 22.5. The summed E-state index contributed by atoms with van der Waals surface area (Å²) in [6, 6.07) is 4.27. The molecule has 1 atom stereocenters. The van der Waals surface area contributed by atoms with Crippen LogP contribution >= 0.6 is 11.6 Å². The van der Waals surface area contributed by atoms with E-state index in [9.17, 15) is 4.39 Å². The van der Waals surface area contributed by atoms with Gasteiger partial charge in [0.1, 0.15) is 5.82 Å². The highest BCUT2D eigenvalue weighted by molar-refractivity contribution is 6.32. The molecule has 2 saturated heterocycles. The summed E-state index contributed by atoms with van der Waals surface area (Å²) in [5.41, 5.74) is 2.98. The number of benzene rings is 1. The minimum absolute atomic E-state index is 0.206. The SMILES string of the molecule is Cn1cc(C2CN(Cc3cn(-c4ccc(F)cc4Cl)nn3)CC23CCOCC3)cn1. The minimum Gasteiger partial charge on any atom is -0.381 e. The van der Waals surface area contributed by atoms with E-state index in [0.29, 0.717) is 23.2 Å². The van der Waals surface area contributed by atoms with Gasteiger partial charge in [-0.05, 0) is 42.0 Å². The highest BCUT2D eigenvalue weighted by atomic mass is 35.5. The van der Waals surface area contributed by atoms with Crippen molar-refractivity contribution in [2.75, 3.05) is 26.3 Å². The van der Waals surface area contributed by atoms with Crippen molar-refractivity contribution in [2.45, 2.75) is 25.3 Å². The molecule has 0 amide bonds. The average molecular weight is 431 g/mol. The maximum atomic E-state index is 13.3. The Morgan fingerprint density at radius 3 is 2.83 bits per heavy atom. The van der Waals surface area contributed by atoms with Crippen molar-refractivity contribution >= 4 is 11.6 Å². The lowest BCUT2D eigenvalue weighted by Crippen LogP contribution is -2.36. The van der Waals surface area contributed by atoms with Crippen molar-refractivity contribution in [2.24, 2.45) is 12.5 Å². The van der Waals surface area contributed by atoms with Crippen LogP contribution in [0.15, 0.2) is 36.8 Å². The minimum atomic E-state index is -0.371. The molecule has 1 aromatic carbocycles. The molecule has 2 aliphatic heterocycles. The zero-order valence-electron chi connectivity index (χ0n) is 16.8. The number of nitrogens with zero attached hydrogens (tertiary/aromatic N) is 6. The molecule has 2 aromatic heterocycles. The summed E-state index contributed by atoms with van der Waals surface area (Å²) >= 11 is 6.17. The molecule has 158 valence electrons. The van der Waals surface area contributed by atoms with Gasteiger partial charge in [0.05, 0.1) is 28.8 Å². The molecular weight excluding hydrogens is 407 g/mol. The highest BCUT2D eigenvalue weighted by Gasteiger charge is 2.48. The molecule has 0 radical (unpaired) electrons. The summed E-state index contributed by atoms with van der Waals surface area (Å²) in [4.78, 5) is 2.45. The molecule has 1 unspecified atom stereocenters. The molecule has 4 heterocycles. The third kappa shape index (κ3) is 3.64. The highest BCUT2D eigenvalue weighted by Crippen LogP contribution is 2.49. The smallest absolute Gasteiger partial charge is 0.124 e. The zero-order valence-corrected chi connectivity index (χ0v) is 17.6. The maximum Gasteiger partial charge on any atom is 0.124 e. The van der Waals surface area contributed by atoms with E-state index in [4.69, 9.17) is 16.3 Å².